The van der Waals surface area contributed by atoms with Crippen LogP contribution in [0.3, 0.4) is 0 Å². The highest BCUT2D eigenvalue weighted by Crippen LogP contribution is 2.40. The molecule has 3 atom stereocenters. The van der Waals surface area contributed by atoms with E-state index in [1.165, 1.54) is 6.33 Å². The SMILES string of the molecule is Cc1ncnn2c([C@]3(O)O[C@H](COCc4ccccc4)C[C@H]3OCc3ccccc3)ccc12. The Morgan fingerprint density at radius 1 is 1.00 bits per heavy atom. The molecule has 0 radical (unpaired) electrons. The molecule has 33 heavy (non-hydrogen) atoms. The van der Waals surface area contributed by atoms with Gasteiger partial charge in [-0.05, 0) is 30.2 Å². The lowest BCUT2D eigenvalue weighted by Crippen LogP contribution is -2.39. The number of benzene rings is 2. The van der Waals surface area contributed by atoms with Crippen molar-refractivity contribution in [2.75, 3.05) is 6.61 Å². The number of rotatable bonds is 8. The summed E-state index contributed by atoms with van der Waals surface area (Å²) in [7, 11) is 0. The molecule has 2 aromatic carbocycles. The summed E-state index contributed by atoms with van der Waals surface area (Å²) in [5.41, 5.74) is 4.28. The average molecular weight is 446 g/mol. The zero-order valence-electron chi connectivity index (χ0n) is 18.5. The molecule has 0 bridgehead atoms. The first-order chi connectivity index (χ1) is 16.1. The molecule has 7 nitrogen and oxygen atoms in total. The third kappa shape index (κ3) is 4.54. The molecular weight excluding hydrogens is 418 g/mol. The summed E-state index contributed by atoms with van der Waals surface area (Å²) >= 11 is 0. The molecule has 1 aliphatic rings. The topological polar surface area (TPSA) is 78.1 Å². The van der Waals surface area contributed by atoms with Gasteiger partial charge >= 0.3 is 0 Å². The smallest absolute Gasteiger partial charge is 0.237 e. The van der Waals surface area contributed by atoms with E-state index in [-0.39, 0.29) is 6.10 Å². The van der Waals surface area contributed by atoms with Gasteiger partial charge in [0.15, 0.2) is 0 Å². The number of aliphatic hydroxyl groups is 1. The molecule has 2 aromatic heterocycles. The Bertz CT molecular complexity index is 1200. The van der Waals surface area contributed by atoms with Crippen molar-refractivity contribution < 1.29 is 19.3 Å². The van der Waals surface area contributed by atoms with Crippen molar-refractivity contribution in [3.63, 3.8) is 0 Å². The summed E-state index contributed by atoms with van der Waals surface area (Å²) in [5, 5.41) is 16.1. The minimum atomic E-state index is -1.66. The zero-order chi connectivity index (χ0) is 22.7. The Balaban J connectivity index is 1.36. The standard InChI is InChI=1S/C26H27N3O4/c1-19-23-12-13-24(29(23)28-18-27-19)26(30)25(32-16-21-10-6-3-7-11-21)14-22(33-26)17-31-15-20-8-4-2-5-9-20/h2-13,18,22,25,30H,14-17H2,1H3/t22-,25+,26-/m0/s1. The van der Waals surface area contributed by atoms with Gasteiger partial charge in [-0.2, -0.15) is 5.10 Å². The molecule has 0 aliphatic carbocycles. The van der Waals surface area contributed by atoms with Gasteiger partial charge < -0.3 is 19.3 Å². The summed E-state index contributed by atoms with van der Waals surface area (Å²) in [4.78, 5) is 4.24. The van der Waals surface area contributed by atoms with Gasteiger partial charge in [-0.3, -0.25) is 0 Å². The van der Waals surface area contributed by atoms with Crippen molar-refractivity contribution in [2.45, 2.75) is 44.6 Å². The van der Waals surface area contributed by atoms with Crippen LogP contribution in [0.1, 0.15) is 28.9 Å². The molecule has 170 valence electrons. The van der Waals surface area contributed by atoms with E-state index in [9.17, 15) is 5.11 Å². The van der Waals surface area contributed by atoms with Crippen molar-refractivity contribution in [1.82, 2.24) is 14.6 Å². The van der Waals surface area contributed by atoms with Crippen molar-refractivity contribution in [3.8, 4) is 0 Å². The predicted molar refractivity (Wildman–Crippen MR) is 122 cm³/mol. The fourth-order valence-electron chi connectivity index (χ4n) is 4.27. The summed E-state index contributed by atoms with van der Waals surface area (Å²) in [5.74, 6) is -1.66. The quantitative estimate of drug-likeness (QED) is 0.445. The van der Waals surface area contributed by atoms with Gasteiger partial charge in [-0.1, -0.05) is 60.7 Å². The van der Waals surface area contributed by atoms with Crippen LogP contribution in [0.5, 0.6) is 0 Å². The normalized spacial score (nSPS) is 22.7. The number of nitrogens with zero attached hydrogens (tertiary/aromatic N) is 3. The number of ether oxygens (including phenoxy) is 3. The minimum Gasteiger partial charge on any atom is -0.374 e. The van der Waals surface area contributed by atoms with E-state index in [1.54, 1.807) is 4.52 Å². The third-order valence-corrected chi connectivity index (χ3v) is 5.98. The van der Waals surface area contributed by atoms with Crippen LogP contribution in [0, 0.1) is 6.92 Å². The highest BCUT2D eigenvalue weighted by atomic mass is 16.7. The van der Waals surface area contributed by atoms with E-state index in [1.807, 2.05) is 79.7 Å². The first kappa shape index (κ1) is 21.7. The first-order valence-corrected chi connectivity index (χ1v) is 11.1. The van der Waals surface area contributed by atoms with E-state index in [0.29, 0.717) is 31.9 Å². The second-order valence-electron chi connectivity index (χ2n) is 8.32. The average Bonchev–Trinajstić information content (AvgIpc) is 3.42. The number of hydrogen-bond donors (Lipinski definition) is 1. The van der Waals surface area contributed by atoms with Crippen LogP contribution in [0.2, 0.25) is 0 Å². The fourth-order valence-corrected chi connectivity index (χ4v) is 4.27. The molecule has 1 aliphatic heterocycles. The molecule has 0 unspecified atom stereocenters. The molecule has 1 fully saturated rings. The van der Waals surface area contributed by atoms with Gasteiger partial charge in [0.05, 0.1) is 37.1 Å². The molecule has 0 saturated carbocycles. The van der Waals surface area contributed by atoms with E-state index in [2.05, 4.69) is 10.1 Å². The Labute approximate surface area is 192 Å². The first-order valence-electron chi connectivity index (χ1n) is 11.1. The minimum absolute atomic E-state index is 0.326. The van der Waals surface area contributed by atoms with Gasteiger partial charge in [0.25, 0.3) is 0 Å². The fraction of sp³-hybridized carbons (Fsp3) is 0.308. The van der Waals surface area contributed by atoms with Crippen molar-refractivity contribution >= 4 is 5.52 Å². The molecular formula is C26H27N3O4. The van der Waals surface area contributed by atoms with Crippen molar-refractivity contribution in [1.29, 1.82) is 0 Å². The highest BCUT2D eigenvalue weighted by Gasteiger charge is 2.51. The Kier molecular flexibility index (Phi) is 6.20. The van der Waals surface area contributed by atoms with Crippen molar-refractivity contribution in [3.05, 3.63) is 102 Å². The monoisotopic (exact) mass is 445 g/mol. The van der Waals surface area contributed by atoms with E-state index in [0.717, 1.165) is 22.3 Å². The molecule has 1 saturated heterocycles. The largest absolute Gasteiger partial charge is 0.374 e. The van der Waals surface area contributed by atoms with E-state index >= 15 is 0 Å². The van der Waals surface area contributed by atoms with Crippen LogP contribution in [0.4, 0.5) is 0 Å². The summed E-state index contributed by atoms with van der Waals surface area (Å²) < 4.78 is 20.0. The molecule has 1 N–H and O–H groups in total. The highest BCUT2D eigenvalue weighted by molar-refractivity contribution is 5.52. The Morgan fingerprint density at radius 2 is 1.70 bits per heavy atom. The van der Waals surface area contributed by atoms with Gasteiger partial charge in [0.1, 0.15) is 18.1 Å². The van der Waals surface area contributed by atoms with Crippen LogP contribution in [-0.2, 0) is 33.2 Å². The molecule has 3 heterocycles. The Morgan fingerprint density at radius 3 is 2.42 bits per heavy atom. The lowest BCUT2D eigenvalue weighted by molar-refractivity contribution is -0.254. The van der Waals surface area contributed by atoms with E-state index < -0.39 is 11.9 Å². The molecule has 7 heteroatoms. The van der Waals surface area contributed by atoms with Crippen LogP contribution in [0.15, 0.2) is 79.1 Å². The van der Waals surface area contributed by atoms with Crippen molar-refractivity contribution in [2.24, 2.45) is 0 Å². The lowest BCUT2D eigenvalue weighted by Gasteiger charge is -2.28. The maximum Gasteiger partial charge on any atom is 0.237 e. The van der Waals surface area contributed by atoms with Gasteiger partial charge in [0, 0.05) is 6.42 Å². The number of hydrogen-bond acceptors (Lipinski definition) is 6. The predicted octanol–water partition coefficient (Wildman–Crippen LogP) is 3.77. The summed E-state index contributed by atoms with van der Waals surface area (Å²) in [6, 6.07) is 23.6. The van der Waals surface area contributed by atoms with Gasteiger partial charge in [-0.15, -0.1) is 0 Å². The Hall–Kier alpha value is -3.10. The second-order valence-corrected chi connectivity index (χ2v) is 8.32. The zero-order valence-corrected chi connectivity index (χ0v) is 18.5. The molecule has 5 rings (SSSR count). The lowest BCUT2D eigenvalue weighted by atomic mass is 10.0. The van der Waals surface area contributed by atoms with Crippen LogP contribution in [-0.4, -0.2) is 38.5 Å². The number of fused-ring (bicyclic) bond motifs is 1. The molecule has 0 spiro atoms. The molecule has 4 aromatic rings. The maximum atomic E-state index is 11.8. The van der Waals surface area contributed by atoms with E-state index in [4.69, 9.17) is 14.2 Å². The van der Waals surface area contributed by atoms with Crippen LogP contribution in [0.25, 0.3) is 5.52 Å². The maximum absolute atomic E-state index is 11.8. The van der Waals surface area contributed by atoms with Crippen LogP contribution >= 0.6 is 0 Å². The summed E-state index contributed by atoms with van der Waals surface area (Å²) in [6.07, 6.45) is 1.06. The number of aromatic nitrogens is 3. The molecule has 0 amide bonds. The summed E-state index contributed by atoms with van der Waals surface area (Å²) in [6.45, 7) is 3.10. The van der Waals surface area contributed by atoms with Gasteiger partial charge in [-0.25, -0.2) is 9.50 Å². The number of aryl methyl sites for hydroxylation is 1. The second kappa shape index (κ2) is 9.41. The van der Waals surface area contributed by atoms with Gasteiger partial charge in [0.2, 0.25) is 5.79 Å². The third-order valence-electron chi connectivity index (χ3n) is 5.98. The van der Waals surface area contributed by atoms with Crippen LogP contribution < -0.4 is 0 Å².